The number of aryl methyl sites for hydroxylation is 1. The number of halogens is 2. The second kappa shape index (κ2) is 17.0. The van der Waals surface area contributed by atoms with Gasteiger partial charge >= 0.3 is 275 Å². The number of hydrogen-bond donors (Lipinski definition) is 1. The van der Waals surface area contributed by atoms with Crippen LogP contribution < -0.4 is 19.1 Å². The summed E-state index contributed by atoms with van der Waals surface area (Å²) in [6, 6.07) is 31.6. The van der Waals surface area contributed by atoms with Crippen molar-refractivity contribution in [2.45, 2.75) is 13.2 Å². The van der Waals surface area contributed by atoms with Crippen molar-refractivity contribution in [2.75, 3.05) is 12.4 Å². The van der Waals surface area contributed by atoms with Gasteiger partial charge in [-0.1, -0.05) is 30.3 Å². The standard InChI is InChI=1S/C38H30AsBr2N5O7/c1-45-33(52-22-24-11-7-4-8-12-24)20-32(43-45)36(48)42-30-16-14-26(41)18-28(30)38(50)53-37(49)27-17-25(40)13-15-29(27)39-35(47)31-19-34(51-2)46(44-31)21-23-9-5-3-6-10-23/h3-20,39H,21-22H2,1-2H3,(H,42,48). The first-order chi connectivity index (χ1) is 25.6. The third-order valence-electron chi connectivity index (χ3n) is 7.74. The molecule has 0 spiro atoms. The van der Waals surface area contributed by atoms with Crippen LogP contribution in [0.1, 0.15) is 52.8 Å². The van der Waals surface area contributed by atoms with Gasteiger partial charge in [-0.3, -0.25) is 0 Å². The molecule has 6 aromatic rings. The summed E-state index contributed by atoms with van der Waals surface area (Å²) < 4.78 is 20.9. The molecule has 0 saturated heterocycles. The molecule has 268 valence electrons. The predicted octanol–water partition coefficient (Wildman–Crippen LogP) is 5.93. The van der Waals surface area contributed by atoms with E-state index in [0.717, 1.165) is 11.1 Å². The van der Waals surface area contributed by atoms with Gasteiger partial charge in [-0.2, -0.15) is 0 Å². The number of carbonyl (C=O) groups is 4. The van der Waals surface area contributed by atoms with Gasteiger partial charge in [0.05, 0.1) is 0 Å². The molecule has 0 fully saturated rings. The molecule has 15 heteroatoms. The molecular weight excluding hydrogens is 873 g/mol. The van der Waals surface area contributed by atoms with E-state index >= 15 is 0 Å². The number of aromatic nitrogens is 4. The molecule has 12 nitrogen and oxygen atoms in total. The zero-order valence-corrected chi connectivity index (χ0v) is 33.5. The monoisotopic (exact) mass is 901 g/mol. The maximum atomic E-state index is 13.6. The normalized spacial score (nSPS) is 11.0. The number of nitrogens with one attached hydrogen (secondary N) is 1. The Kier molecular flexibility index (Phi) is 12.0. The van der Waals surface area contributed by atoms with E-state index in [2.05, 4.69) is 47.4 Å². The molecule has 53 heavy (non-hydrogen) atoms. The van der Waals surface area contributed by atoms with E-state index < -0.39 is 33.6 Å². The first-order valence-corrected chi connectivity index (χ1v) is 19.6. The van der Waals surface area contributed by atoms with Crippen LogP contribution in [0, 0.1) is 0 Å². The summed E-state index contributed by atoms with van der Waals surface area (Å²) >= 11 is 5.06. The van der Waals surface area contributed by atoms with Crippen LogP contribution in [0.2, 0.25) is 0 Å². The number of rotatable bonds is 13. The quantitative estimate of drug-likeness (QED) is 0.0848. The number of ether oxygens (including phenoxy) is 3. The van der Waals surface area contributed by atoms with Gasteiger partial charge in [0.15, 0.2) is 0 Å². The zero-order chi connectivity index (χ0) is 37.5. The minimum absolute atomic E-state index is 0.0456. The van der Waals surface area contributed by atoms with Crippen LogP contribution in [0.25, 0.3) is 0 Å². The van der Waals surface area contributed by atoms with Crippen molar-refractivity contribution in [3.05, 3.63) is 152 Å². The Morgan fingerprint density at radius 2 is 1.36 bits per heavy atom. The van der Waals surface area contributed by atoms with Gasteiger partial charge in [0, 0.05) is 7.05 Å². The van der Waals surface area contributed by atoms with Gasteiger partial charge in [0.1, 0.15) is 6.61 Å². The average molecular weight is 903 g/mol. The molecule has 1 unspecified atom stereocenters. The molecule has 0 radical (unpaired) electrons. The van der Waals surface area contributed by atoms with Gasteiger partial charge in [-0.25, -0.2) is 0 Å². The first kappa shape index (κ1) is 37.5. The number of carbonyl (C=O) groups excluding carboxylic acids is 4. The van der Waals surface area contributed by atoms with E-state index in [1.165, 1.54) is 36.1 Å². The number of benzene rings is 4. The van der Waals surface area contributed by atoms with E-state index in [-0.39, 0.29) is 39.4 Å². The van der Waals surface area contributed by atoms with Crippen LogP contribution in [0.5, 0.6) is 11.8 Å². The molecule has 1 atom stereocenters. The van der Waals surface area contributed by atoms with Crippen LogP contribution in [0.3, 0.4) is 0 Å². The SMILES string of the molecule is COc1cc(C(=O)[AsH]c2ccc(Br)cc2C(=O)OC(=O)c2cc(Br)ccc2NC(=O)c2cc(OCc3ccccc3)n(C)n2)nn1Cc1ccccc1. The summed E-state index contributed by atoms with van der Waals surface area (Å²) in [6.45, 7) is 0.682. The second-order valence-electron chi connectivity index (χ2n) is 11.4. The fraction of sp³-hybridized carbons (Fsp3) is 0.105. The number of methoxy groups -OCH3 is 1. The van der Waals surface area contributed by atoms with Crippen LogP contribution in [0.15, 0.2) is 118 Å². The van der Waals surface area contributed by atoms with Gasteiger partial charge < -0.3 is 4.74 Å². The van der Waals surface area contributed by atoms with E-state index in [9.17, 15) is 19.2 Å². The molecule has 2 aromatic heterocycles. The Morgan fingerprint density at radius 1 is 0.736 bits per heavy atom. The Morgan fingerprint density at radius 3 is 2.06 bits per heavy atom. The van der Waals surface area contributed by atoms with Crippen molar-refractivity contribution in [1.82, 2.24) is 19.6 Å². The molecule has 0 saturated carbocycles. The average Bonchev–Trinajstić information content (AvgIpc) is 3.75. The Bertz CT molecular complexity index is 2310. The fourth-order valence-electron chi connectivity index (χ4n) is 5.13. The van der Waals surface area contributed by atoms with Crippen molar-refractivity contribution in [3.63, 3.8) is 0 Å². The Balaban J connectivity index is 1.16. The molecule has 0 aliphatic heterocycles. The van der Waals surface area contributed by atoms with Crippen molar-refractivity contribution in [2.24, 2.45) is 7.05 Å². The van der Waals surface area contributed by atoms with E-state index in [4.69, 9.17) is 14.2 Å². The van der Waals surface area contributed by atoms with E-state index in [0.29, 0.717) is 31.6 Å². The third kappa shape index (κ3) is 9.39. The summed E-state index contributed by atoms with van der Waals surface area (Å²) in [7, 11) is 3.15. The maximum absolute atomic E-state index is 13.6. The number of hydrogen-bond acceptors (Lipinski definition) is 9. The number of esters is 2. The topological polar surface area (TPSA) is 144 Å². The predicted molar refractivity (Wildman–Crippen MR) is 205 cm³/mol. The van der Waals surface area contributed by atoms with Crippen molar-refractivity contribution in [3.8, 4) is 11.8 Å². The molecule has 0 aliphatic carbocycles. The van der Waals surface area contributed by atoms with Gasteiger partial charge in [-0.05, 0) is 5.56 Å². The van der Waals surface area contributed by atoms with Gasteiger partial charge in [-0.15, -0.1) is 0 Å². The summed E-state index contributed by atoms with van der Waals surface area (Å²) in [5.41, 5.74) is 2.23. The first-order valence-electron chi connectivity index (χ1n) is 15.9. The molecular formula is C38H30AsBr2N5O7. The molecule has 0 aliphatic rings. The summed E-state index contributed by atoms with van der Waals surface area (Å²) in [5, 5.41) is 11.4. The Hall–Kier alpha value is -5.30. The summed E-state index contributed by atoms with van der Waals surface area (Å²) in [4.78, 5) is 53.8. The minimum atomic E-state index is -1.66. The molecule has 1 N–H and O–H groups in total. The molecule has 6 rings (SSSR count). The van der Waals surface area contributed by atoms with Gasteiger partial charge in [0.2, 0.25) is 0 Å². The summed E-state index contributed by atoms with van der Waals surface area (Å²) in [6.07, 6.45) is 0. The van der Waals surface area contributed by atoms with Crippen LogP contribution in [0.4, 0.5) is 5.69 Å². The van der Waals surface area contributed by atoms with E-state index in [1.54, 1.807) is 36.0 Å². The third-order valence-corrected chi connectivity index (χ3v) is 11.2. The molecule has 2 heterocycles. The van der Waals surface area contributed by atoms with Crippen LogP contribution >= 0.6 is 31.9 Å². The zero-order valence-electron chi connectivity index (χ0n) is 28.2. The van der Waals surface area contributed by atoms with E-state index in [1.807, 2.05) is 60.7 Å². The molecule has 0 bridgehead atoms. The van der Waals surface area contributed by atoms with Crippen LogP contribution in [-0.4, -0.2) is 64.8 Å². The van der Waals surface area contributed by atoms with Gasteiger partial charge in [0.25, 0.3) is 0 Å². The second-order valence-corrected chi connectivity index (χ2v) is 15.9. The number of nitrogens with zero attached hydrogens (tertiary/aromatic N) is 4. The van der Waals surface area contributed by atoms with Crippen molar-refractivity contribution < 1.29 is 33.4 Å². The summed E-state index contributed by atoms with van der Waals surface area (Å²) in [5.74, 6) is -1.80. The number of amides is 1. The van der Waals surface area contributed by atoms with Crippen LogP contribution in [-0.2, 0) is 24.9 Å². The fourth-order valence-corrected chi connectivity index (χ4v) is 7.89. The van der Waals surface area contributed by atoms with Crippen molar-refractivity contribution in [1.29, 1.82) is 0 Å². The Labute approximate surface area is 327 Å². The molecule has 1 amide bonds. The van der Waals surface area contributed by atoms with Crippen molar-refractivity contribution >= 4 is 80.1 Å². The molecule has 4 aromatic carbocycles. The number of anilines is 1.